The summed E-state index contributed by atoms with van der Waals surface area (Å²) >= 11 is 0. The summed E-state index contributed by atoms with van der Waals surface area (Å²) in [5.74, 6) is -1.43. The molecule has 2 N–H and O–H groups in total. The molecule has 0 bridgehead atoms. The second kappa shape index (κ2) is 9.02. The van der Waals surface area contributed by atoms with Gasteiger partial charge in [0.15, 0.2) is 0 Å². The first-order valence-corrected chi connectivity index (χ1v) is 9.16. The second-order valence-electron chi connectivity index (χ2n) is 6.59. The maximum absolute atomic E-state index is 12.4. The monoisotopic (exact) mass is 378 g/mol. The molecule has 2 aromatic carbocycles. The van der Waals surface area contributed by atoms with Gasteiger partial charge in [0.1, 0.15) is 0 Å². The molecule has 7 heteroatoms. The van der Waals surface area contributed by atoms with E-state index in [0.717, 1.165) is 38.4 Å². The van der Waals surface area contributed by atoms with Crippen LogP contribution in [0.2, 0.25) is 0 Å². The number of carboxylic acids is 1. The number of carboxylic acid groups (broad SMARTS) is 1. The molecule has 1 saturated heterocycles. The molecule has 1 aliphatic rings. The van der Waals surface area contributed by atoms with E-state index in [4.69, 9.17) is 5.26 Å². The van der Waals surface area contributed by atoms with Crippen molar-refractivity contribution in [2.75, 3.05) is 42.9 Å². The normalized spacial score (nSPS) is 14.3. The molecule has 1 aliphatic heterocycles. The van der Waals surface area contributed by atoms with Crippen LogP contribution in [0.1, 0.15) is 27.1 Å². The summed E-state index contributed by atoms with van der Waals surface area (Å²) in [4.78, 5) is 28.4. The predicted octanol–water partition coefficient (Wildman–Crippen LogP) is 2.67. The summed E-state index contributed by atoms with van der Waals surface area (Å²) in [5.41, 5.74) is 1.62. The third kappa shape index (κ3) is 4.67. The van der Waals surface area contributed by atoms with Crippen LogP contribution in [-0.2, 0) is 0 Å². The molecule has 1 fully saturated rings. The van der Waals surface area contributed by atoms with Gasteiger partial charge >= 0.3 is 5.97 Å². The van der Waals surface area contributed by atoms with E-state index in [-0.39, 0.29) is 17.2 Å². The van der Waals surface area contributed by atoms with Crippen molar-refractivity contribution in [3.63, 3.8) is 0 Å². The third-order valence-electron chi connectivity index (χ3n) is 4.80. The van der Waals surface area contributed by atoms with Crippen molar-refractivity contribution in [1.82, 2.24) is 4.90 Å². The molecule has 1 amide bonds. The second-order valence-corrected chi connectivity index (χ2v) is 6.59. The molecule has 0 atom stereocenters. The summed E-state index contributed by atoms with van der Waals surface area (Å²) < 4.78 is 0. The lowest BCUT2D eigenvalue weighted by Crippen LogP contribution is -2.46. The Bertz CT molecular complexity index is 884. The Balaban J connectivity index is 1.72. The summed E-state index contributed by atoms with van der Waals surface area (Å²) in [6, 6.07) is 15.9. The molecular formula is C21H22N4O3. The van der Waals surface area contributed by atoms with Crippen molar-refractivity contribution in [1.29, 1.82) is 5.26 Å². The quantitative estimate of drug-likeness (QED) is 0.802. The summed E-state index contributed by atoms with van der Waals surface area (Å²) in [6.07, 6.45) is 0.513. The van der Waals surface area contributed by atoms with Crippen molar-refractivity contribution < 1.29 is 14.7 Å². The van der Waals surface area contributed by atoms with Crippen LogP contribution in [-0.4, -0.2) is 54.6 Å². The number of nitriles is 1. The lowest BCUT2D eigenvalue weighted by molar-refractivity contribution is 0.0698. The molecule has 144 valence electrons. The van der Waals surface area contributed by atoms with Gasteiger partial charge in [-0.05, 0) is 30.3 Å². The fraction of sp³-hybridized carbons (Fsp3) is 0.286. The van der Waals surface area contributed by atoms with Crippen LogP contribution < -0.4 is 10.2 Å². The number of piperazine rings is 1. The van der Waals surface area contributed by atoms with E-state index in [2.05, 4.69) is 21.2 Å². The predicted molar refractivity (Wildman–Crippen MR) is 107 cm³/mol. The third-order valence-corrected chi connectivity index (χ3v) is 4.80. The van der Waals surface area contributed by atoms with Crippen LogP contribution in [0.25, 0.3) is 0 Å². The van der Waals surface area contributed by atoms with E-state index >= 15 is 0 Å². The molecule has 0 spiro atoms. The lowest BCUT2D eigenvalue weighted by atomic mass is 10.1. The highest BCUT2D eigenvalue weighted by molar-refractivity contribution is 6.08. The van der Waals surface area contributed by atoms with Gasteiger partial charge in [0.2, 0.25) is 0 Å². The zero-order valence-corrected chi connectivity index (χ0v) is 15.5. The molecule has 0 radical (unpaired) electrons. The Labute approximate surface area is 163 Å². The Morgan fingerprint density at radius 2 is 1.79 bits per heavy atom. The molecule has 28 heavy (non-hydrogen) atoms. The summed E-state index contributed by atoms with van der Waals surface area (Å²) in [6.45, 7) is 3.95. The van der Waals surface area contributed by atoms with Gasteiger partial charge in [-0.3, -0.25) is 9.69 Å². The maximum Gasteiger partial charge on any atom is 0.337 e. The minimum absolute atomic E-state index is 0.0636. The van der Waals surface area contributed by atoms with Crippen molar-refractivity contribution in [2.45, 2.75) is 6.42 Å². The van der Waals surface area contributed by atoms with Crippen LogP contribution in [0.15, 0.2) is 48.5 Å². The van der Waals surface area contributed by atoms with Gasteiger partial charge in [0, 0.05) is 50.4 Å². The van der Waals surface area contributed by atoms with Gasteiger partial charge in [0.05, 0.1) is 17.3 Å². The topological polar surface area (TPSA) is 96.7 Å². The number of aromatic carboxylic acids is 1. The number of hydrogen-bond acceptors (Lipinski definition) is 5. The van der Waals surface area contributed by atoms with Gasteiger partial charge in [-0.1, -0.05) is 18.2 Å². The summed E-state index contributed by atoms with van der Waals surface area (Å²) in [5, 5.41) is 21.0. The number of carbonyl (C=O) groups excluding carboxylic acids is 1. The molecule has 0 aromatic heterocycles. The standard InChI is InChI=1S/C21H22N4O3/c22-9-4-10-24-11-13-25(14-12-24)17-7-8-19(18(15-17)21(27)28)23-20(26)16-5-2-1-3-6-16/h1-3,5-8,15H,4,10-14H2,(H,23,26)(H,27,28). The van der Waals surface area contributed by atoms with Crippen molar-refractivity contribution in [3.8, 4) is 6.07 Å². The van der Waals surface area contributed by atoms with E-state index in [0.29, 0.717) is 12.0 Å². The molecule has 0 saturated carbocycles. The van der Waals surface area contributed by atoms with E-state index in [1.54, 1.807) is 36.4 Å². The van der Waals surface area contributed by atoms with Gasteiger partial charge in [-0.25, -0.2) is 4.79 Å². The number of amides is 1. The largest absolute Gasteiger partial charge is 0.478 e. The lowest BCUT2D eigenvalue weighted by Gasteiger charge is -2.36. The maximum atomic E-state index is 12.4. The van der Waals surface area contributed by atoms with Gasteiger partial charge in [-0.2, -0.15) is 5.26 Å². The van der Waals surface area contributed by atoms with Gasteiger partial charge in [0.25, 0.3) is 5.91 Å². The number of nitrogens with zero attached hydrogens (tertiary/aromatic N) is 3. The molecule has 2 aromatic rings. The van der Waals surface area contributed by atoms with Crippen molar-refractivity contribution in [3.05, 3.63) is 59.7 Å². The first-order chi connectivity index (χ1) is 13.6. The average Bonchev–Trinajstić information content (AvgIpc) is 2.73. The molecule has 1 heterocycles. The van der Waals surface area contributed by atoms with E-state index in [9.17, 15) is 14.7 Å². The molecule has 0 aliphatic carbocycles. The van der Waals surface area contributed by atoms with E-state index in [1.165, 1.54) is 0 Å². The SMILES string of the molecule is N#CCCN1CCN(c2ccc(NC(=O)c3ccccc3)c(C(=O)O)c2)CC1. The zero-order valence-electron chi connectivity index (χ0n) is 15.5. The van der Waals surface area contributed by atoms with Crippen LogP contribution in [0.3, 0.4) is 0 Å². The van der Waals surface area contributed by atoms with Crippen LogP contribution in [0, 0.1) is 11.3 Å². The first-order valence-electron chi connectivity index (χ1n) is 9.16. The Morgan fingerprint density at radius 3 is 2.43 bits per heavy atom. The minimum Gasteiger partial charge on any atom is -0.478 e. The smallest absolute Gasteiger partial charge is 0.337 e. The van der Waals surface area contributed by atoms with Crippen LogP contribution in [0.4, 0.5) is 11.4 Å². The van der Waals surface area contributed by atoms with Gasteiger partial charge in [-0.15, -0.1) is 0 Å². The Hall–Kier alpha value is -3.37. The fourth-order valence-corrected chi connectivity index (χ4v) is 3.24. The number of carbonyl (C=O) groups is 2. The highest BCUT2D eigenvalue weighted by Crippen LogP contribution is 2.25. The van der Waals surface area contributed by atoms with Gasteiger partial charge < -0.3 is 15.3 Å². The van der Waals surface area contributed by atoms with Crippen LogP contribution >= 0.6 is 0 Å². The average molecular weight is 378 g/mol. The van der Waals surface area contributed by atoms with Crippen LogP contribution in [0.5, 0.6) is 0 Å². The number of nitrogens with one attached hydrogen (secondary N) is 1. The number of hydrogen-bond donors (Lipinski definition) is 2. The zero-order chi connectivity index (χ0) is 19.9. The summed E-state index contributed by atoms with van der Waals surface area (Å²) in [7, 11) is 0. The Morgan fingerprint density at radius 1 is 1.07 bits per heavy atom. The Kier molecular flexibility index (Phi) is 6.25. The number of benzene rings is 2. The molecule has 3 rings (SSSR count). The molecule has 0 unspecified atom stereocenters. The first kappa shape index (κ1) is 19.4. The highest BCUT2D eigenvalue weighted by Gasteiger charge is 2.20. The molecule has 7 nitrogen and oxygen atoms in total. The number of anilines is 2. The van der Waals surface area contributed by atoms with Crippen molar-refractivity contribution >= 4 is 23.3 Å². The fourth-order valence-electron chi connectivity index (χ4n) is 3.24. The molecular weight excluding hydrogens is 356 g/mol. The highest BCUT2D eigenvalue weighted by atomic mass is 16.4. The van der Waals surface area contributed by atoms with E-state index < -0.39 is 5.97 Å². The van der Waals surface area contributed by atoms with E-state index in [1.807, 2.05) is 12.1 Å². The van der Waals surface area contributed by atoms with Crippen molar-refractivity contribution in [2.24, 2.45) is 0 Å². The number of rotatable bonds is 6. The minimum atomic E-state index is -1.09.